The monoisotopic (exact) mass is 234 g/mol. The molecule has 1 aliphatic carbocycles. The molecule has 90 valence electrons. The quantitative estimate of drug-likeness (QED) is 0.458. The van der Waals surface area contributed by atoms with Crippen LogP contribution in [0.25, 0.3) is 0 Å². The summed E-state index contributed by atoms with van der Waals surface area (Å²) in [5, 5.41) is 14.3. The van der Waals surface area contributed by atoms with Crippen LogP contribution in [0.1, 0.15) is 31.2 Å². The van der Waals surface area contributed by atoms with E-state index in [-0.39, 0.29) is 4.92 Å². The van der Waals surface area contributed by atoms with Crippen LogP contribution in [0.5, 0.6) is 0 Å². The largest absolute Gasteiger partial charge is 0.264 e. The minimum absolute atomic E-state index is 0.354. The predicted molar refractivity (Wildman–Crippen MR) is 63.2 cm³/mol. The van der Waals surface area contributed by atoms with Crippen LogP contribution in [0, 0.1) is 15.0 Å². The second-order valence-electron chi connectivity index (χ2n) is 4.43. The van der Waals surface area contributed by atoms with E-state index in [0.717, 1.165) is 12.8 Å². The third kappa shape index (κ3) is 1.92. The van der Waals surface area contributed by atoms with E-state index in [1.165, 1.54) is 0 Å². The Bertz CT molecular complexity index is 421. The molecule has 0 aliphatic heterocycles. The van der Waals surface area contributed by atoms with Gasteiger partial charge in [-0.25, -0.2) is 0 Å². The molecule has 0 amide bonds. The lowest BCUT2D eigenvalue weighted by molar-refractivity contribution is -0.538. The lowest BCUT2D eigenvalue weighted by Gasteiger charge is -2.32. The average molecular weight is 234 g/mol. The van der Waals surface area contributed by atoms with E-state index in [9.17, 15) is 15.0 Å². The number of nitrogens with zero attached hydrogens (tertiary/aromatic N) is 2. The first kappa shape index (κ1) is 11.7. The van der Waals surface area contributed by atoms with Crippen molar-refractivity contribution in [1.29, 1.82) is 0 Å². The van der Waals surface area contributed by atoms with E-state index in [1.807, 2.05) is 6.07 Å². The van der Waals surface area contributed by atoms with Gasteiger partial charge in [0.25, 0.3) is 0 Å². The fourth-order valence-corrected chi connectivity index (χ4v) is 2.64. The molecule has 0 bridgehead atoms. The summed E-state index contributed by atoms with van der Waals surface area (Å²) in [4.78, 5) is 22.0. The number of nitro groups is 1. The summed E-state index contributed by atoms with van der Waals surface area (Å²) in [6.45, 7) is 0. The minimum Gasteiger partial charge on any atom is -0.264 e. The van der Waals surface area contributed by atoms with Crippen LogP contribution in [0.4, 0.5) is 0 Å². The highest BCUT2D eigenvalue weighted by atomic mass is 16.6. The van der Waals surface area contributed by atoms with Crippen molar-refractivity contribution in [3.05, 3.63) is 50.9 Å². The Balaban J connectivity index is 2.47. The first-order chi connectivity index (χ1) is 8.20. The van der Waals surface area contributed by atoms with Gasteiger partial charge < -0.3 is 0 Å². The molecular weight excluding hydrogens is 220 g/mol. The Hall–Kier alpha value is -1.78. The summed E-state index contributed by atoms with van der Waals surface area (Å²) >= 11 is 0. The molecule has 5 nitrogen and oxygen atoms in total. The molecule has 0 saturated heterocycles. The summed E-state index contributed by atoms with van der Waals surface area (Å²) in [5.41, 5.74) is -0.514. The Labute approximate surface area is 99.0 Å². The molecule has 0 aromatic heterocycles. The van der Waals surface area contributed by atoms with E-state index >= 15 is 0 Å². The van der Waals surface area contributed by atoms with Gasteiger partial charge >= 0.3 is 0 Å². The van der Waals surface area contributed by atoms with Crippen LogP contribution < -0.4 is 0 Å². The zero-order valence-corrected chi connectivity index (χ0v) is 9.41. The van der Waals surface area contributed by atoms with E-state index in [0.29, 0.717) is 18.4 Å². The normalized spacial score (nSPS) is 28.6. The molecule has 0 N–H and O–H groups in total. The number of hydrogen-bond acceptors (Lipinski definition) is 4. The van der Waals surface area contributed by atoms with Gasteiger partial charge in [0, 0.05) is 11.3 Å². The highest BCUT2D eigenvalue weighted by Crippen LogP contribution is 2.41. The van der Waals surface area contributed by atoms with Crippen LogP contribution >= 0.6 is 0 Å². The number of nitroso groups, excluding NO2 is 1. The van der Waals surface area contributed by atoms with Crippen LogP contribution in [0.15, 0.2) is 35.5 Å². The highest BCUT2D eigenvalue weighted by molar-refractivity contribution is 5.27. The molecule has 2 rings (SSSR count). The molecule has 1 aromatic rings. The van der Waals surface area contributed by atoms with Crippen molar-refractivity contribution >= 4 is 0 Å². The maximum Gasteiger partial charge on any atom is 0.245 e. The summed E-state index contributed by atoms with van der Waals surface area (Å²) in [5.74, 6) is 0. The summed E-state index contributed by atoms with van der Waals surface area (Å²) < 4.78 is 0. The maximum absolute atomic E-state index is 11.2. The topological polar surface area (TPSA) is 72.6 Å². The molecule has 1 aromatic carbocycles. The van der Waals surface area contributed by atoms with Crippen LogP contribution in [-0.4, -0.2) is 11.0 Å². The molecule has 0 heterocycles. The standard InChI is InChI=1S/C12H14N2O3/c15-13-12(10-6-2-1-3-7-10)9-5-4-8-11(12)14(16)17/h1-3,6-7,11H,4-5,8-9H2. The summed E-state index contributed by atoms with van der Waals surface area (Å²) in [6, 6.07) is 8.01. The molecule has 0 spiro atoms. The molecule has 1 aliphatic rings. The van der Waals surface area contributed by atoms with Gasteiger partial charge in [-0.15, -0.1) is 4.91 Å². The number of benzene rings is 1. The lowest BCUT2D eigenvalue weighted by Crippen LogP contribution is -2.45. The van der Waals surface area contributed by atoms with Crippen molar-refractivity contribution in [3.8, 4) is 0 Å². The van der Waals surface area contributed by atoms with Gasteiger partial charge in [-0.05, 0) is 24.8 Å². The van der Waals surface area contributed by atoms with E-state index in [2.05, 4.69) is 5.18 Å². The van der Waals surface area contributed by atoms with E-state index in [1.54, 1.807) is 24.3 Å². The third-order valence-corrected chi connectivity index (χ3v) is 3.53. The molecule has 1 fully saturated rings. The Kier molecular flexibility index (Phi) is 3.17. The average Bonchev–Trinajstić information content (AvgIpc) is 2.39. The molecule has 1 saturated carbocycles. The zero-order chi connectivity index (χ0) is 12.3. The van der Waals surface area contributed by atoms with E-state index < -0.39 is 11.6 Å². The molecular formula is C12H14N2O3. The van der Waals surface area contributed by atoms with Crippen molar-refractivity contribution < 1.29 is 4.92 Å². The second kappa shape index (κ2) is 4.61. The summed E-state index contributed by atoms with van der Waals surface area (Å²) in [7, 11) is 0. The van der Waals surface area contributed by atoms with Gasteiger partial charge in [0.2, 0.25) is 6.04 Å². The van der Waals surface area contributed by atoms with Gasteiger partial charge in [0.05, 0.1) is 0 Å². The van der Waals surface area contributed by atoms with Gasteiger partial charge in [-0.3, -0.25) is 10.1 Å². The predicted octanol–water partition coefficient (Wildman–Crippen LogP) is 2.87. The van der Waals surface area contributed by atoms with Crippen LogP contribution in [0.2, 0.25) is 0 Å². The number of rotatable bonds is 3. The first-order valence-electron chi connectivity index (χ1n) is 5.74. The second-order valence-corrected chi connectivity index (χ2v) is 4.43. The van der Waals surface area contributed by atoms with Gasteiger partial charge in [0.15, 0.2) is 5.54 Å². The van der Waals surface area contributed by atoms with Crippen LogP contribution in [0.3, 0.4) is 0 Å². The Morgan fingerprint density at radius 3 is 2.59 bits per heavy atom. The van der Waals surface area contributed by atoms with Gasteiger partial charge in [0.1, 0.15) is 0 Å². The molecule has 2 unspecified atom stereocenters. The van der Waals surface area contributed by atoms with Crippen LogP contribution in [-0.2, 0) is 5.54 Å². The van der Waals surface area contributed by atoms with Crippen molar-refractivity contribution in [2.24, 2.45) is 5.18 Å². The fraction of sp³-hybridized carbons (Fsp3) is 0.500. The zero-order valence-electron chi connectivity index (χ0n) is 9.41. The Morgan fingerprint density at radius 2 is 2.00 bits per heavy atom. The van der Waals surface area contributed by atoms with Crippen molar-refractivity contribution in [2.45, 2.75) is 37.3 Å². The first-order valence-corrected chi connectivity index (χ1v) is 5.74. The molecule has 17 heavy (non-hydrogen) atoms. The van der Waals surface area contributed by atoms with E-state index in [4.69, 9.17) is 0 Å². The van der Waals surface area contributed by atoms with Gasteiger partial charge in [-0.2, -0.15) is 0 Å². The highest BCUT2D eigenvalue weighted by Gasteiger charge is 2.51. The third-order valence-electron chi connectivity index (χ3n) is 3.53. The summed E-state index contributed by atoms with van der Waals surface area (Å²) in [6.07, 6.45) is 2.49. The smallest absolute Gasteiger partial charge is 0.245 e. The maximum atomic E-state index is 11.2. The fourth-order valence-electron chi connectivity index (χ4n) is 2.64. The van der Waals surface area contributed by atoms with Crippen molar-refractivity contribution in [3.63, 3.8) is 0 Å². The molecule has 0 radical (unpaired) electrons. The van der Waals surface area contributed by atoms with Gasteiger partial charge in [-0.1, -0.05) is 35.5 Å². The number of hydrogen-bond donors (Lipinski definition) is 0. The lowest BCUT2D eigenvalue weighted by atomic mass is 9.74. The van der Waals surface area contributed by atoms with Crippen molar-refractivity contribution in [2.75, 3.05) is 0 Å². The minimum atomic E-state index is -1.18. The van der Waals surface area contributed by atoms with Crippen molar-refractivity contribution in [1.82, 2.24) is 0 Å². The molecule has 2 atom stereocenters. The molecule has 5 heteroatoms. The Morgan fingerprint density at radius 1 is 1.29 bits per heavy atom. The SMILES string of the molecule is O=NC1(c2ccccc2)CCCCC1[N+](=O)[O-].